The molecule has 0 saturated carbocycles. The van der Waals surface area contributed by atoms with Crippen LogP contribution in [0.25, 0.3) is 33.2 Å². The monoisotopic (exact) mass is 467 g/mol. The van der Waals surface area contributed by atoms with Crippen LogP contribution in [0.1, 0.15) is 16.7 Å². The SMILES string of the molecule is COC(=O)Cc1ccc(-c2ccoc2)cc1OCc1cc(-c2cccc(CN)c2)c2occc2c1. The van der Waals surface area contributed by atoms with E-state index in [0.717, 1.165) is 49.9 Å². The van der Waals surface area contributed by atoms with Crippen molar-refractivity contribution < 1.29 is 23.1 Å². The van der Waals surface area contributed by atoms with Crippen molar-refractivity contribution in [2.24, 2.45) is 5.73 Å². The summed E-state index contributed by atoms with van der Waals surface area (Å²) in [5.74, 6) is 0.292. The van der Waals surface area contributed by atoms with E-state index in [2.05, 4.69) is 18.2 Å². The van der Waals surface area contributed by atoms with Gasteiger partial charge in [-0.15, -0.1) is 0 Å². The molecule has 3 aromatic carbocycles. The summed E-state index contributed by atoms with van der Waals surface area (Å²) in [6.07, 6.45) is 5.11. The molecular weight excluding hydrogens is 442 g/mol. The van der Waals surface area contributed by atoms with Gasteiger partial charge in [0.2, 0.25) is 0 Å². The topological polar surface area (TPSA) is 87.8 Å². The van der Waals surface area contributed by atoms with Gasteiger partial charge in [-0.2, -0.15) is 0 Å². The summed E-state index contributed by atoms with van der Waals surface area (Å²) in [4.78, 5) is 12.0. The Hall–Kier alpha value is -4.29. The first-order valence-electron chi connectivity index (χ1n) is 11.3. The zero-order chi connectivity index (χ0) is 24.2. The third-order valence-corrected chi connectivity index (χ3v) is 5.96. The van der Waals surface area contributed by atoms with E-state index >= 15 is 0 Å². The van der Waals surface area contributed by atoms with Crippen molar-refractivity contribution in [1.29, 1.82) is 0 Å². The molecule has 6 heteroatoms. The number of hydrogen-bond donors (Lipinski definition) is 1. The summed E-state index contributed by atoms with van der Waals surface area (Å²) < 4.78 is 22.2. The highest BCUT2D eigenvalue weighted by atomic mass is 16.5. The van der Waals surface area contributed by atoms with E-state index in [1.54, 1.807) is 18.8 Å². The van der Waals surface area contributed by atoms with Gasteiger partial charge in [-0.3, -0.25) is 4.79 Å². The molecule has 0 amide bonds. The number of benzene rings is 3. The van der Waals surface area contributed by atoms with Gasteiger partial charge in [-0.25, -0.2) is 0 Å². The Morgan fingerprint density at radius 1 is 0.914 bits per heavy atom. The number of esters is 1. The van der Waals surface area contributed by atoms with Crippen LogP contribution in [0, 0.1) is 0 Å². The third kappa shape index (κ3) is 4.83. The lowest BCUT2D eigenvalue weighted by Gasteiger charge is -2.14. The van der Waals surface area contributed by atoms with Crippen molar-refractivity contribution in [3.05, 3.63) is 102 Å². The van der Waals surface area contributed by atoms with Gasteiger partial charge in [0.25, 0.3) is 0 Å². The van der Waals surface area contributed by atoms with Crippen LogP contribution in [0.5, 0.6) is 5.75 Å². The molecule has 176 valence electrons. The molecule has 0 aliphatic carbocycles. The second-order valence-electron chi connectivity index (χ2n) is 8.26. The Balaban J connectivity index is 1.49. The highest BCUT2D eigenvalue weighted by Crippen LogP contribution is 2.33. The van der Waals surface area contributed by atoms with Crippen LogP contribution >= 0.6 is 0 Å². The molecule has 35 heavy (non-hydrogen) atoms. The number of rotatable bonds is 8. The van der Waals surface area contributed by atoms with Gasteiger partial charge in [0.1, 0.15) is 17.9 Å². The number of carbonyl (C=O) groups excluding carboxylic acids is 1. The van der Waals surface area contributed by atoms with Crippen molar-refractivity contribution in [1.82, 2.24) is 0 Å². The van der Waals surface area contributed by atoms with Crippen molar-refractivity contribution >= 4 is 16.9 Å². The minimum absolute atomic E-state index is 0.120. The van der Waals surface area contributed by atoms with Crippen molar-refractivity contribution in [2.75, 3.05) is 7.11 Å². The van der Waals surface area contributed by atoms with E-state index in [-0.39, 0.29) is 12.4 Å². The number of nitrogens with two attached hydrogens (primary N) is 1. The molecule has 0 fully saturated rings. The second kappa shape index (κ2) is 9.91. The Morgan fingerprint density at radius 3 is 2.63 bits per heavy atom. The predicted octanol–water partition coefficient (Wildman–Crippen LogP) is 6.11. The summed E-state index contributed by atoms with van der Waals surface area (Å²) in [6.45, 7) is 0.779. The molecule has 2 N–H and O–H groups in total. The lowest BCUT2D eigenvalue weighted by molar-refractivity contribution is -0.139. The smallest absolute Gasteiger partial charge is 0.310 e. The fourth-order valence-electron chi connectivity index (χ4n) is 4.14. The quantitative estimate of drug-likeness (QED) is 0.277. The molecule has 0 bridgehead atoms. The number of carbonyl (C=O) groups is 1. The Bertz CT molecular complexity index is 1470. The molecule has 0 aliphatic heterocycles. The molecule has 0 saturated heterocycles. The number of furan rings is 2. The third-order valence-electron chi connectivity index (χ3n) is 5.96. The molecule has 0 radical (unpaired) electrons. The van der Waals surface area contributed by atoms with Gasteiger partial charge in [0.15, 0.2) is 0 Å². The first kappa shape index (κ1) is 22.5. The predicted molar refractivity (Wildman–Crippen MR) is 134 cm³/mol. The van der Waals surface area contributed by atoms with E-state index in [9.17, 15) is 4.79 Å². The summed E-state index contributed by atoms with van der Waals surface area (Å²) in [5.41, 5.74) is 13.3. The molecule has 2 aromatic heterocycles. The van der Waals surface area contributed by atoms with Gasteiger partial charge in [-0.1, -0.05) is 30.3 Å². The first-order valence-corrected chi connectivity index (χ1v) is 11.3. The first-order chi connectivity index (χ1) is 17.1. The minimum Gasteiger partial charge on any atom is -0.489 e. The Labute approximate surface area is 202 Å². The van der Waals surface area contributed by atoms with Crippen LogP contribution < -0.4 is 10.5 Å². The van der Waals surface area contributed by atoms with Crippen LogP contribution in [0.4, 0.5) is 0 Å². The maximum absolute atomic E-state index is 12.0. The standard InChI is InChI=1S/C29H25NO5/c1-32-28(31)15-23-6-5-21(25-7-9-33-18-25)14-27(23)35-17-20-12-24-8-10-34-29(24)26(13-20)22-4-2-3-19(11-22)16-30/h2-14,18H,15-17,30H2,1H3. The Kier molecular flexibility index (Phi) is 6.37. The van der Waals surface area contributed by atoms with Crippen molar-refractivity contribution in [2.45, 2.75) is 19.6 Å². The molecule has 0 aliphatic rings. The zero-order valence-electron chi connectivity index (χ0n) is 19.3. The van der Waals surface area contributed by atoms with E-state index in [1.807, 2.05) is 48.5 Å². The van der Waals surface area contributed by atoms with E-state index in [0.29, 0.717) is 18.9 Å². The molecule has 0 unspecified atom stereocenters. The molecule has 0 spiro atoms. The second-order valence-corrected chi connectivity index (χ2v) is 8.26. The zero-order valence-corrected chi connectivity index (χ0v) is 19.3. The molecule has 0 atom stereocenters. The fraction of sp³-hybridized carbons (Fsp3) is 0.138. The molecular formula is C29H25NO5. The largest absolute Gasteiger partial charge is 0.489 e. The lowest BCUT2D eigenvalue weighted by Crippen LogP contribution is -2.07. The number of methoxy groups -OCH3 is 1. The van der Waals surface area contributed by atoms with Crippen molar-refractivity contribution in [3.63, 3.8) is 0 Å². The average Bonchev–Trinajstić information content (AvgIpc) is 3.60. The maximum atomic E-state index is 12.0. The van der Waals surface area contributed by atoms with Gasteiger partial charge in [0.05, 0.1) is 32.3 Å². The molecule has 5 rings (SSSR count). The van der Waals surface area contributed by atoms with Gasteiger partial charge >= 0.3 is 5.97 Å². The summed E-state index contributed by atoms with van der Waals surface area (Å²) in [7, 11) is 1.38. The van der Waals surface area contributed by atoms with E-state index in [1.165, 1.54) is 7.11 Å². The molecule has 2 heterocycles. The van der Waals surface area contributed by atoms with Crippen LogP contribution in [-0.4, -0.2) is 13.1 Å². The fourth-order valence-corrected chi connectivity index (χ4v) is 4.14. The minimum atomic E-state index is -0.326. The number of hydrogen-bond acceptors (Lipinski definition) is 6. The molecule has 5 aromatic rings. The number of fused-ring (bicyclic) bond motifs is 1. The normalized spacial score (nSPS) is 11.0. The average molecular weight is 468 g/mol. The Morgan fingerprint density at radius 2 is 1.83 bits per heavy atom. The van der Waals surface area contributed by atoms with Crippen LogP contribution in [0.3, 0.4) is 0 Å². The highest BCUT2D eigenvalue weighted by Gasteiger charge is 2.14. The summed E-state index contributed by atoms with van der Waals surface area (Å²) >= 11 is 0. The van der Waals surface area contributed by atoms with Gasteiger partial charge in [0, 0.05) is 28.6 Å². The summed E-state index contributed by atoms with van der Waals surface area (Å²) in [5, 5.41) is 0.987. The van der Waals surface area contributed by atoms with Crippen LogP contribution in [0.15, 0.2) is 94.4 Å². The van der Waals surface area contributed by atoms with Crippen LogP contribution in [-0.2, 0) is 29.1 Å². The van der Waals surface area contributed by atoms with Crippen molar-refractivity contribution in [3.8, 4) is 28.0 Å². The van der Waals surface area contributed by atoms with E-state index in [4.69, 9.17) is 24.0 Å². The van der Waals surface area contributed by atoms with Gasteiger partial charge in [-0.05, 0) is 58.7 Å². The summed E-state index contributed by atoms with van der Waals surface area (Å²) in [6, 6.07) is 21.8. The maximum Gasteiger partial charge on any atom is 0.310 e. The lowest BCUT2D eigenvalue weighted by atomic mass is 9.99. The van der Waals surface area contributed by atoms with E-state index < -0.39 is 0 Å². The van der Waals surface area contributed by atoms with Crippen LogP contribution in [0.2, 0.25) is 0 Å². The molecule has 6 nitrogen and oxygen atoms in total. The number of ether oxygens (including phenoxy) is 2. The van der Waals surface area contributed by atoms with Gasteiger partial charge < -0.3 is 24.0 Å². The highest BCUT2D eigenvalue weighted by molar-refractivity contribution is 5.93.